The zero-order valence-electron chi connectivity index (χ0n) is 10.0. The Morgan fingerprint density at radius 2 is 2.33 bits per heavy atom. The number of hydrogen-bond donors (Lipinski definition) is 0. The molecule has 2 fully saturated rings. The number of pyridine rings is 1. The molecule has 18 heavy (non-hydrogen) atoms. The van der Waals surface area contributed by atoms with Crippen molar-refractivity contribution in [3.8, 4) is 0 Å². The van der Waals surface area contributed by atoms with E-state index in [1.165, 1.54) is 0 Å². The van der Waals surface area contributed by atoms with Crippen LogP contribution in [-0.4, -0.2) is 41.1 Å². The van der Waals surface area contributed by atoms with E-state index in [1.807, 2.05) is 11.0 Å². The van der Waals surface area contributed by atoms with Gasteiger partial charge in [-0.2, -0.15) is 0 Å². The van der Waals surface area contributed by atoms with Gasteiger partial charge in [0.1, 0.15) is 0 Å². The summed E-state index contributed by atoms with van der Waals surface area (Å²) in [5.74, 6) is 0.0731. The Balaban J connectivity index is 1.83. The Bertz CT molecular complexity index is 466. The third-order valence-electron chi connectivity index (χ3n) is 3.69. The monoisotopic (exact) mass is 310 g/mol. The first-order valence-electron chi connectivity index (χ1n) is 6.29. The summed E-state index contributed by atoms with van der Waals surface area (Å²) < 4.78 is 6.56. The van der Waals surface area contributed by atoms with Gasteiger partial charge in [0.25, 0.3) is 5.91 Å². The van der Waals surface area contributed by atoms with Crippen molar-refractivity contribution in [2.24, 2.45) is 0 Å². The summed E-state index contributed by atoms with van der Waals surface area (Å²) in [7, 11) is 0. The Kier molecular flexibility index (Phi) is 3.35. The molecular formula is C13H15BrN2O2. The largest absolute Gasteiger partial charge is 0.374 e. The summed E-state index contributed by atoms with van der Waals surface area (Å²) in [6.45, 7) is 1.33. The molecule has 2 heterocycles. The maximum atomic E-state index is 12.5. The van der Waals surface area contributed by atoms with Crippen molar-refractivity contribution in [3.63, 3.8) is 0 Å². The van der Waals surface area contributed by atoms with Crippen LogP contribution in [0.5, 0.6) is 0 Å². The Morgan fingerprint density at radius 1 is 1.44 bits per heavy atom. The molecule has 0 unspecified atom stereocenters. The lowest BCUT2D eigenvalue weighted by Gasteiger charge is -2.37. The summed E-state index contributed by atoms with van der Waals surface area (Å²) in [6, 6.07) is 2.08. The van der Waals surface area contributed by atoms with Gasteiger partial charge in [0.05, 0.1) is 24.3 Å². The topological polar surface area (TPSA) is 42.4 Å². The highest BCUT2D eigenvalue weighted by atomic mass is 79.9. The van der Waals surface area contributed by atoms with E-state index in [0.717, 1.165) is 23.7 Å². The van der Waals surface area contributed by atoms with Gasteiger partial charge in [0, 0.05) is 23.4 Å². The Morgan fingerprint density at radius 3 is 3.17 bits per heavy atom. The van der Waals surface area contributed by atoms with Gasteiger partial charge in [-0.1, -0.05) is 0 Å². The first-order chi connectivity index (χ1) is 8.75. The van der Waals surface area contributed by atoms with Gasteiger partial charge in [-0.3, -0.25) is 9.78 Å². The molecule has 1 aromatic rings. The predicted molar refractivity (Wildman–Crippen MR) is 70.4 cm³/mol. The molecule has 2 aliphatic rings. The summed E-state index contributed by atoms with van der Waals surface area (Å²) in [5, 5.41) is 0. The van der Waals surface area contributed by atoms with Crippen LogP contribution in [0.4, 0.5) is 0 Å². The second kappa shape index (κ2) is 4.97. The van der Waals surface area contributed by atoms with E-state index in [9.17, 15) is 4.79 Å². The number of nitrogens with zero attached hydrogens (tertiary/aromatic N) is 2. The minimum absolute atomic E-state index is 0.0731. The smallest absolute Gasteiger partial charge is 0.255 e. The van der Waals surface area contributed by atoms with Crippen LogP contribution in [0, 0.1) is 0 Å². The summed E-state index contributed by atoms with van der Waals surface area (Å²) in [6.07, 6.45) is 6.84. The van der Waals surface area contributed by atoms with E-state index in [1.54, 1.807) is 12.4 Å². The number of hydrogen-bond acceptors (Lipinski definition) is 3. The highest BCUT2D eigenvalue weighted by Crippen LogP contribution is 2.30. The van der Waals surface area contributed by atoms with Crippen molar-refractivity contribution in [2.45, 2.75) is 31.4 Å². The average Bonchev–Trinajstić information content (AvgIpc) is 2.86. The number of aromatic nitrogens is 1. The molecular weight excluding hydrogens is 296 g/mol. The molecule has 1 saturated heterocycles. The second-order valence-electron chi connectivity index (χ2n) is 4.80. The molecule has 0 N–H and O–H groups in total. The van der Waals surface area contributed by atoms with E-state index in [-0.39, 0.29) is 18.1 Å². The zero-order valence-corrected chi connectivity index (χ0v) is 11.6. The van der Waals surface area contributed by atoms with E-state index < -0.39 is 0 Å². The number of morpholine rings is 1. The summed E-state index contributed by atoms with van der Waals surface area (Å²) in [4.78, 5) is 18.5. The van der Waals surface area contributed by atoms with Crippen LogP contribution >= 0.6 is 15.9 Å². The van der Waals surface area contributed by atoms with Crippen LogP contribution in [0.2, 0.25) is 0 Å². The lowest BCUT2D eigenvalue weighted by molar-refractivity contribution is -0.0445. The highest BCUT2D eigenvalue weighted by molar-refractivity contribution is 9.10. The van der Waals surface area contributed by atoms with Crippen molar-refractivity contribution < 1.29 is 9.53 Å². The van der Waals surface area contributed by atoms with Gasteiger partial charge in [-0.05, 0) is 41.3 Å². The van der Waals surface area contributed by atoms with Crippen LogP contribution in [-0.2, 0) is 4.74 Å². The lowest BCUT2D eigenvalue weighted by atomic mass is 10.1. The van der Waals surface area contributed by atoms with Crippen LogP contribution < -0.4 is 0 Å². The number of ether oxygens (including phenoxy) is 1. The van der Waals surface area contributed by atoms with E-state index in [2.05, 4.69) is 20.9 Å². The van der Waals surface area contributed by atoms with Crippen LogP contribution in [0.25, 0.3) is 0 Å². The minimum atomic E-state index is 0.0731. The third-order valence-corrected chi connectivity index (χ3v) is 4.13. The summed E-state index contributed by atoms with van der Waals surface area (Å²) >= 11 is 3.35. The summed E-state index contributed by atoms with van der Waals surface area (Å²) in [5.41, 5.74) is 0.650. The molecule has 0 radical (unpaired) electrons. The molecule has 0 aromatic carbocycles. The number of carbonyl (C=O) groups is 1. The molecule has 1 aliphatic heterocycles. The first-order valence-corrected chi connectivity index (χ1v) is 7.08. The average molecular weight is 311 g/mol. The highest BCUT2D eigenvalue weighted by Gasteiger charge is 2.38. The fraction of sp³-hybridized carbons (Fsp3) is 0.538. The first kappa shape index (κ1) is 12.1. The molecule has 0 spiro atoms. The van der Waals surface area contributed by atoms with E-state index in [0.29, 0.717) is 18.7 Å². The van der Waals surface area contributed by atoms with Gasteiger partial charge in [0.15, 0.2) is 0 Å². The molecule has 3 rings (SSSR count). The molecule has 2 atom stereocenters. The Labute approximate surface area is 114 Å². The van der Waals surface area contributed by atoms with Crippen molar-refractivity contribution in [3.05, 3.63) is 28.5 Å². The predicted octanol–water partition coefficient (Wildman–Crippen LogP) is 2.24. The van der Waals surface area contributed by atoms with Crippen LogP contribution in [0.3, 0.4) is 0 Å². The fourth-order valence-electron chi connectivity index (χ4n) is 2.87. The quantitative estimate of drug-likeness (QED) is 0.799. The van der Waals surface area contributed by atoms with Crippen molar-refractivity contribution in [1.29, 1.82) is 0 Å². The zero-order chi connectivity index (χ0) is 12.5. The van der Waals surface area contributed by atoms with E-state index in [4.69, 9.17) is 4.74 Å². The van der Waals surface area contributed by atoms with Gasteiger partial charge >= 0.3 is 0 Å². The van der Waals surface area contributed by atoms with E-state index >= 15 is 0 Å². The molecule has 1 amide bonds. The molecule has 1 saturated carbocycles. The molecule has 96 valence electrons. The van der Waals surface area contributed by atoms with Gasteiger partial charge in [-0.25, -0.2) is 0 Å². The maximum absolute atomic E-state index is 12.5. The number of rotatable bonds is 1. The number of halogens is 1. The lowest BCUT2D eigenvalue weighted by Crippen LogP contribution is -2.51. The number of carbonyl (C=O) groups excluding carboxylic acids is 1. The number of fused-ring (bicyclic) bond motifs is 1. The molecule has 1 aliphatic carbocycles. The fourth-order valence-corrected chi connectivity index (χ4v) is 3.24. The molecule has 5 heteroatoms. The number of amides is 1. The van der Waals surface area contributed by atoms with Crippen LogP contribution in [0.1, 0.15) is 29.6 Å². The van der Waals surface area contributed by atoms with Crippen molar-refractivity contribution in [1.82, 2.24) is 9.88 Å². The Hall–Kier alpha value is -0.940. The minimum Gasteiger partial charge on any atom is -0.374 e. The normalized spacial score (nSPS) is 27.1. The SMILES string of the molecule is O=C(c1cncc(Br)c1)N1CCO[C@H]2CCC[C@@H]21. The molecule has 0 bridgehead atoms. The second-order valence-corrected chi connectivity index (χ2v) is 5.71. The van der Waals surface area contributed by atoms with Gasteiger partial charge in [-0.15, -0.1) is 0 Å². The van der Waals surface area contributed by atoms with Gasteiger partial charge < -0.3 is 9.64 Å². The van der Waals surface area contributed by atoms with Crippen molar-refractivity contribution in [2.75, 3.05) is 13.2 Å². The molecule has 4 nitrogen and oxygen atoms in total. The molecule has 1 aromatic heterocycles. The van der Waals surface area contributed by atoms with Crippen LogP contribution in [0.15, 0.2) is 22.9 Å². The standard InChI is InChI=1S/C13H15BrN2O2/c14-10-6-9(7-15-8-10)13(17)16-4-5-18-12-3-1-2-11(12)16/h6-8,11-12H,1-5H2/t11-,12-/m0/s1. The maximum Gasteiger partial charge on any atom is 0.255 e. The third kappa shape index (κ3) is 2.17. The van der Waals surface area contributed by atoms with Crippen molar-refractivity contribution >= 4 is 21.8 Å². The van der Waals surface area contributed by atoms with Gasteiger partial charge in [0.2, 0.25) is 0 Å².